The number of benzene rings is 2. The van der Waals surface area contributed by atoms with Crippen LogP contribution in [0, 0.1) is 0 Å². The Morgan fingerprint density at radius 1 is 1.14 bits per heavy atom. The number of para-hydroxylation sites is 1. The molecule has 0 N–H and O–H groups in total. The summed E-state index contributed by atoms with van der Waals surface area (Å²) in [6.45, 7) is 0.653. The maximum absolute atomic E-state index is 12.9. The summed E-state index contributed by atoms with van der Waals surface area (Å²) < 4.78 is 0. The van der Waals surface area contributed by atoms with E-state index in [0.717, 1.165) is 24.1 Å². The number of hydrogen-bond donors (Lipinski definition) is 0. The van der Waals surface area contributed by atoms with Crippen molar-refractivity contribution >= 4 is 11.6 Å². The van der Waals surface area contributed by atoms with Crippen LogP contribution >= 0.6 is 0 Å². The lowest BCUT2D eigenvalue weighted by molar-refractivity contribution is -0.120. The minimum Gasteiger partial charge on any atom is -0.311 e. The van der Waals surface area contributed by atoms with Crippen LogP contribution in [0.4, 0.5) is 5.69 Å². The van der Waals surface area contributed by atoms with Crippen LogP contribution in [-0.4, -0.2) is 12.5 Å². The Balaban J connectivity index is 1.97. The van der Waals surface area contributed by atoms with Gasteiger partial charge in [0.2, 0.25) is 5.91 Å². The summed E-state index contributed by atoms with van der Waals surface area (Å²) in [5.41, 5.74) is 11.6. The van der Waals surface area contributed by atoms with Gasteiger partial charge in [-0.25, -0.2) is 0 Å². The zero-order valence-corrected chi connectivity index (χ0v) is 12.1. The van der Waals surface area contributed by atoms with Gasteiger partial charge < -0.3 is 4.90 Å². The summed E-state index contributed by atoms with van der Waals surface area (Å²) >= 11 is 0. The number of fused-ring (bicyclic) bond motifs is 1. The number of anilines is 1. The minimum absolute atomic E-state index is 0.170. The molecule has 110 valence electrons. The monoisotopic (exact) mass is 292 g/mol. The van der Waals surface area contributed by atoms with Crippen molar-refractivity contribution in [3.63, 3.8) is 0 Å². The van der Waals surface area contributed by atoms with Crippen LogP contribution in [0.2, 0.25) is 0 Å². The lowest BCUT2D eigenvalue weighted by Crippen LogP contribution is -2.38. The van der Waals surface area contributed by atoms with Crippen LogP contribution in [0.3, 0.4) is 0 Å². The van der Waals surface area contributed by atoms with Crippen molar-refractivity contribution in [2.75, 3.05) is 11.4 Å². The Bertz CT molecular complexity index is 722. The second kappa shape index (κ2) is 6.33. The molecular weight excluding hydrogens is 276 g/mol. The SMILES string of the molecule is [N-]=[N+]=NC(C(=O)N1CCCc2ccccc21)c1ccccc1. The fourth-order valence-corrected chi connectivity index (χ4v) is 2.86. The molecule has 1 aliphatic heterocycles. The normalized spacial score (nSPS) is 14.6. The second-order valence-electron chi connectivity index (χ2n) is 5.24. The number of amides is 1. The molecule has 1 aliphatic rings. The van der Waals surface area contributed by atoms with Gasteiger partial charge in [-0.1, -0.05) is 53.6 Å². The molecule has 0 radical (unpaired) electrons. The largest absolute Gasteiger partial charge is 0.311 e. The molecule has 2 aromatic carbocycles. The molecule has 1 unspecified atom stereocenters. The van der Waals surface area contributed by atoms with Crippen LogP contribution < -0.4 is 4.90 Å². The van der Waals surface area contributed by atoms with Crippen LogP contribution in [0.25, 0.3) is 10.4 Å². The highest BCUT2D eigenvalue weighted by Crippen LogP contribution is 2.30. The van der Waals surface area contributed by atoms with Crippen molar-refractivity contribution in [3.8, 4) is 0 Å². The number of nitrogens with zero attached hydrogens (tertiary/aromatic N) is 4. The molecule has 0 bridgehead atoms. The summed E-state index contributed by atoms with van der Waals surface area (Å²) in [4.78, 5) is 17.5. The zero-order valence-electron chi connectivity index (χ0n) is 12.1. The van der Waals surface area contributed by atoms with Crippen molar-refractivity contribution in [1.29, 1.82) is 0 Å². The van der Waals surface area contributed by atoms with E-state index >= 15 is 0 Å². The average Bonchev–Trinajstić information content (AvgIpc) is 2.59. The molecule has 3 rings (SSSR count). The first-order chi connectivity index (χ1) is 10.8. The Labute approximate surface area is 128 Å². The smallest absolute Gasteiger partial charge is 0.240 e. The fraction of sp³-hybridized carbons (Fsp3) is 0.235. The molecule has 0 aromatic heterocycles. The maximum Gasteiger partial charge on any atom is 0.240 e. The molecule has 22 heavy (non-hydrogen) atoms. The molecule has 1 amide bonds. The first-order valence-electron chi connectivity index (χ1n) is 7.29. The van der Waals surface area contributed by atoms with Crippen molar-refractivity contribution < 1.29 is 4.79 Å². The third-order valence-corrected chi connectivity index (χ3v) is 3.89. The summed E-state index contributed by atoms with van der Waals surface area (Å²) in [7, 11) is 0. The molecule has 5 heteroatoms. The third-order valence-electron chi connectivity index (χ3n) is 3.89. The van der Waals surface area contributed by atoms with Gasteiger partial charge in [0.25, 0.3) is 0 Å². The van der Waals surface area contributed by atoms with E-state index in [0.29, 0.717) is 12.1 Å². The quantitative estimate of drug-likeness (QED) is 0.478. The highest BCUT2D eigenvalue weighted by Gasteiger charge is 2.28. The molecule has 1 heterocycles. The van der Waals surface area contributed by atoms with E-state index in [4.69, 9.17) is 5.53 Å². The predicted octanol–water partition coefficient (Wildman–Crippen LogP) is 4.02. The maximum atomic E-state index is 12.9. The van der Waals surface area contributed by atoms with Gasteiger partial charge in [0.1, 0.15) is 6.04 Å². The Morgan fingerprint density at radius 3 is 2.64 bits per heavy atom. The highest BCUT2D eigenvalue weighted by molar-refractivity contribution is 5.98. The number of carbonyl (C=O) groups is 1. The van der Waals surface area contributed by atoms with Crippen molar-refractivity contribution in [2.45, 2.75) is 18.9 Å². The molecule has 0 saturated carbocycles. The van der Waals surface area contributed by atoms with Gasteiger partial charge in [-0.3, -0.25) is 4.79 Å². The van der Waals surface area contributed by atoms with Gasteiger partial charge >= 0.3 is 0 Å². The van der Waals surface area contributed by atoms with Gasteiger partial charge in [0, 0.05) is 17.1 Å². The Morgan fingerprint density at radius 2 is 1.86 bits per heavy atom. The minimum atomic E-state index is -0.822. The van der Waals surface area contributed by atoms with Crippen LogP contribution in [-0.2, 0) is 11.2 Å². The van der Waals surface area contributed by atoms with Crippen molar-refractivity contribution in [3.05, 3.63) is 76.2 Å². The zero-order chi connectivity index (χ0) is 15.4. The van der Waals surface area contributed by atoms with E-state index in [1.54, 1.807) is 4.90 Å². The van der Waals surface area contributed by atoms with Gasteiger partial charge in [0.05, 0.1) is 0 Å². The summed E-state index contributed by atoms with van der Waals surface area (Å²) in [6, 6.07) is 16.3. The number of azide groups is 1. The van der Waals surface area contributed by atoms with E-state index in [1.165, 1.54) is 0 Å². The molecule has 0 fully saturated rings. The number of hydrogen-bond acceptors (Lipinski definition) is 2. The molecule has 0 spiro atoms. The molecule has 0 aliphatic carbocycles. The lowest BCUT2D eigenvalue weighted by Gasteiger charge is -2.31. The summed E-state index contributed by atoms with van der Waals surface area (Å²) in [6.07, 6.45) is 1.89. The van der Waals surface area contributed by atoms with Crippen LogP contribution in [0.15, 0.2) is 59.7 Å². The van der Waals surface area contributed by atoms with E-state index in [-0.39, 0.29) is 5.91 Å². The summed E-state index contributed by atoms with van der Waals surface area (Å²) in [5, 5.41) is 3.73. The topological polar surface area (TPSA) is 69.1 Å². The standard InChI is InChI=1S/C17H16N4O/c18-20-19-16(14-8-2-1-3-9-14)17(22)21-12-6-10-13-7-4-5-11-15(13)21/h1-5,7-9,11,16H,6,10,12H2. The van der Waals surface area contributed by atoms with E-state index in [1.807, 2.05) is 54.6 Å². The summed E-state index contributed by atoms with van der Waals surface area (Å²) in [5.74, 6) is -0.170. The predicted molar refractivity (Wildman–Crippen MR) is 85.4 cm³/mol. The third kappa shape index (κ3) is 2.67. The van der Waals surface area contributed by atoms with Gasteiger partial charge in [-0.15, -0.1) is 0 Å². The first kappa shape index (κ1) is 14.2. The van der Waals surface area contributed by atoms with E-state index < -0.39 is 6.04 Å². The molecule has 2 aromatic rings. The number of carbonyl (C=O) groups excluding carboxylic acids is 1. The fourth-order valence-electron chi connectivity index (χ4n) is 2.86. The number of rotatable bonds is 3. The van der Waals surface area contributed by atoms with Crippen molar-refractivity contribution in [2.24, 2.45) is 5.11 Å². The van der Waals surface area contributed by atoms with Crippen LogP contribution in [0.5, 0.6) is 0 Å². The molecular formula is C17H16N4O. The van der Waals surface area contributed by atoms with Gasteiger partial charge in [-0.2, -0.15) is 0 Å². The Hall–Kier alpha value is -2.78. The van der Waals surface area contributed by atoms with E-state index in [2.05, 4.69) is 10.0 Å². The average molecular weight is 292 g/mol. The van der Waals surface area contributed by atoms with Gasteiger partial charge in [-0.05, 0) is 35.6 Å². The first-order valence-corrected chi connectivity index (χ1v) is 7.29. The second-order valence-corrected chi connectivity index (χ2v) is 5.24. The molecule has 1 atom stereocenters. The van der Waals surface area contributed by atoms with Crippen LogP contribution in [0.1, 0.15) is 23.6 Å². The number of aryl methyl sites for hydroxylation is 1. The van der Waals surface area contributed by atoms with E-state index in [9.17, 15) is 4.79 Å². The lowest BCUT2D eigenvalue weighted by atomic mass is 9.99. The van der Waals surface area contributed by atoms with Crippen molar-refractivity contribution in [1.82, 2.24) is 0 Å². The van der Waals surface area contributed by atoms with Gasteiger partial charge in [0.15, 0.2) is 0 Å². The highest BCUT2D eigenvalue weighted by atomic mass is 16.2. The molecule has 5 nitrogen and oxygen atoms in total. The molecule has 0 saturated heterocycles. The Kier molecular flexibility index (Phi) is 4.08.